The van der Waals surface area contributed by atoms with Crippen LogP contribution in [-0.4, -0.2) is 27.4 Å². The summed E-state index contributed by atoms with van der Waals surface area (Å²) in [6.07, 6.45) is 0.622. The largest absolute Gasteiger partial charge is 0.354 e. The van der Waals surface area contributed by atoms with Crippen LogP contribution in [0.15, 0.2) is 71.6 Å². The minimum Gasteiger partial charge on any atom is -0.354 e. The zero-order valence-corrected chi connectivity index (χ0v) is 20.0. The van der Waals surface area contributed by atoms with Gasteiger partial charge in [-0.1, -0.05) is 53.6 Å². The Labute approximate surface area is 195 Å². The topological polar surface area (TPSA) is 66.5 Å². The first kappa shape index (κ1) is 23.8. The number of nitrogens with one attached hydrogen (secondary N) is 1. The van der Waals surface area contributed by atoms with Gasteiger partial charge in [0.2, 0.25) is 5.91 Å². The third-order valence-electron chi connectivity index (χ3n) is 5.18. The van der Waals surface area contributed by atoms with Gasteiger partial charge in [0, 0.05) is 11.6 Å². The van der Waals surface area contributed by atoms with Crippen LogP contribution in [0.25, 0.3) is 0 Å². The van der Waals surface area contributed by atoms with Crippen molar-refractivity contribution >= 4 is 33.2 Å². The van der Waals surface area contributed by atoms with E-state index in [9.17, 15) is 13.2 Å². The summed E-state index contributed by atoms with van der Waals surface area (Å²) >= 11 is 5.91. The maximum atomic E-state index is 13.5. The Morgan fingerprint density at radius 1 is 0.906 bits per heavy atom. The van der Waals surface area contributed by atoms with E-state index in [1.54, 1.807) is 42.5 Å². The lowest BCUT2D eigenvalue weighted by atomic mass is 10.1. The van der Waals surface area contributed by atoms with Gasteiger partial charge in [0.25, 0.3) is 10.0 Å². The second-order valence-corrected chi connectivity index (χ2v) is 10.1. The van der Waals surface area contributed by atoms with Crippen molar-refractivity contribution in [2.45, 2.75) is 32.1 Å². The molecule has 3 aromatic carbocycles. The van der Waals surface area contributed by atoms with E-state index in [1.807, 2.05) is 45.0 Å². The fraction of sp³-hybridized carbons (Fsp3) is 0.240. The molecule has 0 unspecified atom stereocenters. The highest BCUT2D eigenvalue weighted by molar-refractivity contribution is 7.92. The van der Waals surface area contributed by atoms with Gasteiger partial charge in [-0.3, -0.25) is 9.10 Å². The Morgan fingerprint density at radius 2 is 1.53 bits per heavy atom. The van der Waals surface area contributed by atoms with Crippen molar-refractivity contribution in [2.24, 2.45) is 0 Å². The lowest BCUT2D eigenvalue weighted by molar-refractivity contribution is -0.119. The number of anilines is 1. The quantitative estimate of drug-likeness (QED) is 0.513. The maximum Gasteiger partial charge on any atom is 0.264 e. The standard InChI is InChI=1S/C25H27ClN2O3S/c1-18-5-12-23(13-6-18)32(30,31)28(24-16-19(2)4-7-20(24)3)17-25(29)27-15-14-21-8-10-22(26)11-9-21/h4-13,16H,14-15,17H2,1-3H3,(H,27,29). The minimum absolute atomic E-state index is 0.151. The molecular weight excluding hydrogens is 444 g/mol. The number of hydrogen-bond acceptors (Lipinski definition) is 3. The molecule has 0 aromatic heterocycles. The van der Waals surface area contributed by atoms with Crippen LogP contribution in [0.2, 0.25) is 5.02 Å². The van der Waals surface area contributed by atoms with Crippen LogP contribution in [0, 0.1) is 20.8 Å². The first-order valence-corrected chi connectivity index (χ1v) is 12.2. The van der Waals surface area contributed by atoms with E-state index in [-0.39, 0.29) is 17.3 Å². The second kappa shape index (κ2) is 10.2. The smallest absolute Gasteiger partial charge is 0.264 e. The summed E-state index contributed by atoms with van der Waals surface area (Å²) in [5.74, 6) is -0.365. The van der Waals surface area contributed by atoms with Gasteiger partial charge in [0.05, 0.1) is 10.6 Å². The number of carbonyl (C=O) groups is 1. The molecule has 0 atom stereocenters. The lowest BCUT2D eigenvalue weighted by Gasteiger charge is -2.26. The zero-order chi connectivity index (χ0) is 23.3. The number of sulfonamides is 1. The maximum absolute atomic E-state index is 13.5. The molecule has 0 radical (unpaired) electrons. The number of hydrogen-bond donors (Lipinski definition) is 1. The number of halogens is 1. The van der Waals surface area contributed by atoms with E-state index in [4.69, 9.17) is 11.6 Å². The highest BCUT2D eigenvalue weighted by Gasteiger charge is 2.28. The Morgan fingerprint density at radius 3 is 2.19 bits per heavy atom. The van der Waals surface area contributed by atoms with Crippen molar-refractivity contribution in [1.29, 1.82) is 0 Å². The molecule has 0 aliphatic rings. The molecule has 3 aromatic rings. The summed E-state index contributed by atoms with van der Waals surface area (Å²) in [6.45, 7) is 5.72. The summed E-state index contributed by atoms with van der Waals surface area (Å²) in [7, 11) is -3.93. The molecule has 1 N–H and O–H groups in total. The van der Waals surface area contributed by atoms with Crippen LogP contribution in [0.5, 0.6) is 0 Å². The number of rotatable bonds is 8. The highest BCUT2D eigenvalue weighted by atomic mass is 35.5. The van der Waals surface area contributed by atoms with Gasteiger partial charge in [-0.25, -0.2) is 8.42 Å². The van der Waals surface area contributed by atoms with Crippen molar-refractivity contribution in [2.75, 3.05) is 17.4 Å². The van der Waals surface area contributed by atoms with Crippen molar-refractivity contribution in [1.82, 2.24) is 5.32 Å². The first-order chi connectivity index (χ1) is 15.2. The molecule has 0 aliphatic carbocycles. The van der Waals surface area contributed by atoms with Gasteiger partial charge in [-0.05, 0) is 74.2 Å². The van der Waals surface area contributed by atoms with E-state index in [0.717, 1.165) is 22.3 Å². The molecule has 32 heavy (non-hydrogen) atoms. The van der Waals surface area contributed by atoms with Crippen LogP contribution in [0.4, 0.5) is 5.69 Å². The molecule has 0 heterocycles. The second-order valence-electron chi connectivity index (χ2n) is 7.84. The highest BCUT2D eigenvalue weighted by Crippen LogP contribution is 2.28. The summed E-state index contributed by atoms with van der Waals surface area (Å²) in [5, 5.41) is 3.49. The van der Waals surface area contributed by atoms with E-state index in [1.165, 1.54) is 4.31 Å². The Hall–Kier alpha value is -2.83. The predicted octanol–water partition coefficient (Wildman–Crippen LogP) is 4.82. The Bertz CT molecular complexity index is 1190. The molecule has 7 heteroatoms. The van der Waals surface area contributed by atoms with Gasteiger partial charge in [0.15, 0.2) is 0 Å². The van der Waals surface area contributed by atoms with Crippen molar-refractivity contribution in [3.8, 4) is 0 Å². The number of aryl methyl sites for hydroxylation is 3. The monoisotopic (exact) mass is 470 g/mol. The van der Waals surface area contributed by atoms with Crippen LogP contribution in [0.1, 0.15) is 22.3 Å². The van der Waals surface area contributed by atoms with Gasteiger partial charge >= 0.3 is 0 Å². The van der Waals surface area contributed by atoms with Crippen molar-refractivity contribution in [3.63, 3.8) is 0 Å². The van der Waals surface area contributed by atoms with Crippen molar-refractivity contribution < 1.29 is 13.2 Å². The van der Waals surface area contributed by atoms with Crippen LogP contribution in [0.3, 0.4) is 0 Å². The minimum atomic E-state index is -3.93. The van der Waals surface area contributed by atoms with E-state index < -0.39 is 10.0 Å². The number of amides is 1. The predicted molar refractivity (Wildman–Crippen MR) is 130 cm³/mol. The molecule has 168 valence electrons. The molecule has 0 saturated heterocycles. The number of carbonyl (C=O) groups excluding carboxylic acids is 1. The fourth-order valence-electron chi connectivity index (χ4n) is 3.31. The van der Waals surface area contributed by atoms with Gasteiger partial charge in [-0.15, -0.1) is 0 Å². The third-order valence-corrected chi connectivity index (χ3v) is 7.20. The normalized spacial score (nSPS) is 11.2. The fourth-order valence-corrected chi connectivity index (χ4v) is 4.91. The molecule has 3 rings (SSSR count). The summed E-state index contributed by atoms with van der Waals surface area (Å²) in [5.41, 5.74) is 4.19. The summed E-state index contributed by atoms with van der Waals surface area (Å²) in [4.78, 5) is 12.9. The molecular formula is C25H27ClN2O3S. The zero-order valence-electron chi connectivity index (χ0n) is 18.4. The van der Waals surface area contributed by atoms with Crippen molar-refractivity contribution in [3.05, 3.63) is 94.0 Å². The number of nitrogens with zero attached hydrogens (tertiary/aromatic N) is 1. The van der Waals surface area contributed by atoms with E-state index in [0.29, 0.717) is 23.7 Å². The molecule has 1 amide bonds. The molecule has 0 spiro atoms. The van der Waals surface area contributed by atoms with E-state index >= 15 is 0 Å². The van der Waals surface area contributed by atoms with Crippen LogP contribution >= 0.6 is 11.6 Å². The van der Waals surface area contributed by atoms with Crippen LogP contribution < -0.4 is 9.62 Å². The van der Waals surface area contributed by atoms with E-state index in [2.05, 4.69) is 5.32 Å². The molecule has 0 bridgehead atoms. The number of benzene rings is 3. The molecule has 5 nitrogen and oxygen atoms in total. The van der Waals surface area contributed by atoms with Gasteiger partial charge in [0.1, 0.15) is 6.54 Å². The Kier molecular flexibility index (Phi) is 7.59. The SMILES string of the molecule is Cc1ccc(S(=O)(=O)N(CC(=O)NCCc2ccc(Cl)cc2)c2cc(C)ccc2C)cc1. The molecule has 0 fully saturated rings. The lowest BCUT2D eigenvalue weighted by Crippen LogP contribution is -2.41. The summed E-state index contributed by atoms with van der Waals surface area (Å²) in [6, 6.07) is 19.6. The summed E-state index contributed by atoms with van der Waals surface area (Å²) < 4.78 is 28.2. The van der Waals surface area contributed by atoms with Gasteiger partial charge < -0.3 is 5.32 Å². The van der Waals surface area contributed by atoms with Crippen LogP contribution in [-0.2, 0) is 21.2 Å². The molecule has 0 aliphatic heterocycles. The first-order valence-electron chi connectivity index (χ1n) is 10.3. The van der Waals surface area contributed by atoms with Gasteiger partial charge in [-0.2, -0.15) is 0 Å². The molecule has 0 saturated carbocycles. The average molecular weight is 471 g/mol. The Balaban J connectivity index is 1.82. The average Bonchev–Trinajstić information content (AvgIpc) is 2.75. The third kappa shape index (κ3) is 5.90.